The lowest BCUT2D eigenvalue weighted by Gasteiger charge is -2.35. The van der Waals surface area contributed by atoms with Crippen molar-refractivity contribution < 1.29 is 24.2 Å². The minimum Gasteiger partial charge on any atom is -0.444 e. The molecular formula is C29H45N3O5. The molecule has 0 bridgehead atoms. The van der Waals surface area contributed by atoms with Crippen molar-refractivity contribution in [2.75, 3.05) is 13.2 Å². The molecule has 0 spiro atoms. The van der Waals surface area contributed by atoms with Crippen LogP contribution in [0.15, 0.2) is 30.8 Å². The highest BCUT2D eigenvalue weighted by molar-refractivity contribution is 5.92. The number of benzene rings is 1. The van der Waals surface area contributed by atoms with Crippen molar-refractivity contribution in [3.8, 4) is 0 Å². The standard InChI is InChI=1S/C29H45N3O5/c1-6-8-12-18-32(27(35)24(20-33)31-28(36)37-29(3,4)5)25(22-15-13-14-21(7-2)19-22)26(34)30-23-16-10-9-11-17-23/h7,13-15,19,23-25,33H,2,6,8-12,16-18,20H2,1,3-5H3,(H,30,34)(H,31,36). The van der Waals surface area contributed by atoms with Gasteiger partial charge in [-0.1, -0.05) is 69.9 Å². The molecule has 1 aromatic rings. The van der Waals surface area contributed by atoms with Gasteiger partial charge in [-0.3, -0.25) is 9.59 Å². The molecule has 2 rings (SSSR count). The highest BCUT2D eigenvalue weighted by atomic mass is 16.6. The van der Waals surface area contributed by atoms with Crippen molar-refractivity contribution in [2.45, 2.75) is 103 Å². The van der Waals surface area contributed by atoms with E-state index in [9.17, 15) is 19.5 Å². The average molecular weight is 516 g/mol. The summed E-state index contributed by atoms with van der Waals surface area (Å²) in [4.78, 5) is 41.6. The Morgan fingerprint density at radius 2 is 1.89 bits per heavy atom. The number of rotatable bonds is 12. The Labute approximate surface area is 221 Å². The molecule has 206 valence electrons. The average Bonchev–Trinajstić information content (AvgIpc) is 2.86. The Bertz CT molecular complexity index is 905. The van der Waals surface area contributed by atoms with Gasteiger partial charge in [-0.25, -0.2) is 4.79 Å². The summed E-state index contributed by atoms with van der Waals surface area (Å²) in [5, 5.41) is 15.7. The smallest absolute Gasteiger partial charge is 0.408 e. The van der Waals surface area contributed by atoms with Crippen LogP contribution in [0.3, 0.4) is 0 Å². The van der Waals surface area contributed by atoms with Crippen LogP contribution in [0, 0.1) is 0 Å². The number of amides is 3. The maximum absolute atomic E-state index is 13.8. The summed E-state index contributed by atoms with van der Waals surface area (Å²) in [5.41, 5.74) is 0.727. The highest BCUT2D eigenvalue weighted by Gasteiger charge is 2.36. The van der Waals surface area contributed by atoms with Crippen molar-refractivity contribution in [1.29, 1.82) is 0 Å². The van der Waals surface area contributed by atoms with Gasteiger partial charge in [0.1, 0.15) is 17.7 Å². The number of carbonyl (C=O) groups excluding carboxylic acids is 3. The van der Waals surface area contributed by atoms with Gasteiger partial charge in [0.05, 0.1) is 6.61 Å². The SMILES string of the molecule is C=Cc1cccc(C(C(=O)NC2CCCCC2)N(CCCCC)C(=O)C(CO)NC(=O)OC(C)(C)C)c1. The van der Waals surface area contributed by atoms with Gasteiger partial charge in [0.2, 0.25) is 11.8 Å². The Morgan fingerprint density at radius 1 is 1.19 bits per heavy atom. The molecule has 2 unspecified atom stereocenters. The predicted octanol–water partition coefficient (Wildman–Crippen LogP) is 4.72. The number of hydrogen-bond donors (Lipinski definition) is 3. The summed E-state index contributed by atoms with van der Waals surface area (Å²) in [6.07, 6.45) is 8.50. The van der Waals surface area contributed by atoms with E-state index < -0.39 is 36.3 Å². The third kappa shape index (κ3) is 9.84. The van der Waals surface area contributed by atoms with E-state index in [1.807, 2.05) is 24.3 Å². The van der Waals surface area contributed by atoms with Gasteiger partial charge < -0.3 is 25.4 Å². The van der Waals surface area contributed by atoms with Gasteiger partial charge >= 0.3 is 6.09 Å². The molecule has 2 atom stereocenters. The minimum atomic E-state index is -1.25. The fourth-order valence-electron chi connectivity index (χ4n) is 4.59. The molecule has 8 heteroatoms. The van der Waals surface area contributed by atoms with Crippen LogP contribution in [0.4, 0.5) is 4.79 Å². The summed E-state index contributed by atoms with van der Waals surface area (Å²) in [6, 6.07) is 5.30. The molecule has 0 heterocycles. The number of hydrogen-bond acceptors (Lipinski definition) is 5. The van der Waals surface area contributed by atoms with Crippen molar-refractivity contribution in [2.24, 2.45) is 0 Å². The van der Waals surface area contributed by atoms with Gasteiger partial charge in [-0.05, 0) is 57.2 Å². The molecule has 3 N–H and O–H groups in total. The third-order valence-corrected chi connectivity index (χ3v) is 6.43. The van der Waals surface area contributed by atoms with Gasteiger partial charge in [0.15, 0.2) is 0 Å². The molecule has 3 amide bonds. The number of ether oxygens (including phenoxy) is 1. The largest absolute Gasteiger partial charge is 0.444 e. The molecule has 1 saturated carbocycles. The maximum atomic E-state index is 13.8. The van der Waals surface area contributed by atoms with Crippen LogP contribution >= 0.6 is 0 Å². The monoisotopic (exact) mass is 515 g/mol. The molecule has 37 heavy (non-hydrogen) atoms. The van der Waals surface area contributed by atoms with Crippen molar-refractivity contribution >= 4 is 24.0 Å². The highest BCUT2D eigenvalue weighted by Crippen LogP contribution is 2.26. The van der Waals surface area contributed by atoms with Gasteiger partial charge in [0.25, 0.3) is 0 Å². The summed E-state index contributed by atoms with van der Waals surface area (Å²) >= 11 is 0. The second-order valence-corrected chi connectivity index (χ2v) is 10.7. The fourth-order valence-corrected chi connectivity index (χ4v) is 4.59. The van der Waals surface area contributed by atoms with Gasteiger partial charge in [-0.15, -0.1) is 0 Å². The molecular weight excluding hydrogens is 470 g/mol. The van der Waals surface area contributed by atoms with Crippen molar-refractivity contribution in [3.05, 3.63) is 42.0 Å². The lowest BCUT2D eigenvalue weighted by Crippen LogP contribution is -2.55. The predicted molar refractivity (Wildman–Crippen MR) is 146 cm³/mol. The van der Waals surface area contributed by atoms with Crippen LogP contribution in [-0.2, 0) is 14.3 Å². The number of alkyl carbamates (subject to hydrolysis) is 1. The lowest BCUT2D eigenvalue weighted by molar-refractivity contribution is -0.143. The molecule has 1 fully saturated rings. The van der Waals surface area contributed by atoms with Crippen LogP contribution in [0.1, 0.15) is 96.2 Å². The Kier molecular flexibility index (Phi) is 12.1. The molecule has 1 aliphatic rings. The van der Waals surface area contributed by atoms with Crippen LogP contribution in [0.5, 0.6) is 0 Å². The first-order valence-electron chi connectivity index (χ1n) is 13.5. The molecule has 0 aromatic heterocycles. The molecule has 0 saturated heterocycles. The number of carbonyl (C=O) groups is 3. The third-order valence-electron chi connectivity index (χ3n) is 6.43. The van der Waals surface area contributed by atoms with Crippen LogP contribution < -0.4 is 10.6 Å². The Morgan fingerprint density at radius 3 is 2.49 bits per heavy atom. The van der Waals surface area contributed by atoms with Crippen LogP contribution in [-0.4, -0.2) is 58.8 Å². The summed E-state index contributed by atoms with van der Waals surface area (Å²) in [5.74, 6) is -0.788. The molecule has 0 aliphatic heterocycles. The number of nitrogens with one attached hydrogen (secondary N) is 2. The van der Waals surface area contributed by atoms with E-state index >= 15 is 0 Å². The minimum absolute atomic E-state index is 0.0625. The van der Waals surface area contributed by atoms with E-state index in [1.54, 1.807) is 26.8 Å². The number of aliphatic hydroxyl groups excluding tert-OH is 1. The van der Waals surface area contributed by atoms with E-state index in [0.29, 0.717) is 18.5 Å². The summed E-state index contributed by atoms with van der Waals surface area (Å²) in [6.45, 7) is 10.7. The van der Waals surface area contributed by atoms with E-state index in [1.165, 1.54) is 4.90 Å². The molecule has 0 radical (unpaired) electrons. The molecule has 8 nitrogen and oxygen atoms in total. The first-order chi connectivity index (χ1) is 17.6. The van der Waals surface area contributed by atoms with E-state index in [0.717, 1.165) is 50.5 Å². The zero-order valence-corrected chi connectivity index (χ0v) is 22.9. The number of unbranched alkanes of at least 4 members (excludes halogenated alkanes) is 2. The lowest BCUT2D eigenvalue weighted by atomic mass is 9.94. The number of aliphatic hydroxyl groups is 1. The quantitative estimate of drug-likeness (QED) is 0.349. The first-order valence-corrected chi connectivity index (χ1v) is 13.5. The fraction of sp³-hybridized carbons (Fsp3) is 0.621. The zero-order chi connectivity index (χ0) is 27.4. The zero-order valence-electron chi connectivity index (χ0n) is 22.9. The first kappa shape index (κ1) is 30.4. The van der Waals surface area contributed by atoms with E-state index in [-0.39, 0.29) is 11.9 Å². The maximum Gasteiger partial charge on any atom is 0.408 e. The van der Waals surface area contributed by atoms with E-state index in [4.69, 9.17) is 4.74 Å². The molecule has 1 aromatic carbocycles. The van der Waals surface area contributed by atoms with E-state index in [2.05, 4.69) is 24.1 Å². The Hall–Kier alpha value is -2.87. The topological polar surface area (TPSA) is 108 Å². The van der Waals surface area contributed by atoms with Crippen LogP contribution in [0.25, 0.3) is 6.08 Å². The second-order valence-electron chi connectivity index (χ2n) is 10.7. The van der Waals surface area contributed by atoms with Gasteiger partial charge in [-0.2, -0.15) is 0 Å². The Balaban J connectivity index is 2.43. The van der Waals surface area contributed by atoms with Crippen molar-refractivity contribution in [1.82, 2.24) is 15.5 Å². The van der Waals surface area contributed by atoms with Crippen LogP contribution in [0.2, 0.25) is 0 Å². The summed E-state index contributed by atoms with van der Waals surface area (Å²) in [7, 11) is 0. The van der Waals surface area contributed by atoms with Gasteiger partial charge in [0, 0.05) is 12.6 Å². The summed E-state index contributed by atoms with van der Waals surface area (Å²) < 4.78 is 5.30. The second kappa shape index (κ2) is 14.8. The normalized spacial score (nSPS) is 15.8. The molecule has 1 aliphatic carbocycles. The van der Waals surface area contributed by atoms with Crippen molar-refractivity contribution in [3.63, 3.8) is 0 Å². The number of nitrogens with zero attached hydrogens (tertiary/aromatic N) is 1.